The van der Waals surface area contributed by atoms with Gasteiger partial charge in [0.1, 0.15) is 11.5 Å². The third-order valence-electron chi connectivity index (χ3n) is 2.09. The van der Waals surface area contributed by atoms with E-state index < -0.39 is 0 Å². The van der Waals surface area contributed by atoms with E-state index in [1.807, 2.05) is 6.92 Å². The molecule has 1 aromatic rings. The Morgan fingerprint density at radius 3 is 2.47 bits per heavy atom. The van der Waals surface area contributed by atoms with E-state index in [1.54, 1.807) is 18.2 Å². The number of benzene rings is 1. The van der Waals surface area contributed by atoms with E-state index in [0.29, 0.717) is 12.1 Å². The predicted octanol–water partition coefficient (Wildman–Crippen LogP) is 2.66. The van der Waals surface area contributed by atoms with Gasteiger partial charge in [-0.1, -0.05) is 28.6 Å². The Kier molecular flexibility index (Phi) is 4.17. The van der Waals surface area contributed by atoms with Crippen LogP contribution in [0.3, 0.4) is 0 Å². The highest BCUT2D eigenvalue weighted by atomic mass is 79.9. The fraction of sp³-hybridized carbons (Fsp3) is 0.273. The Hall–Kier alpha value is -1.00. The first-order valence-electron chi connectivity index (χ1n) is 4.60. The van der Waals surface area contributed by atoms with Crippen molar-refractivity contribution in [2.24, 2.45) is 0 Å². The monoisotopic (exact) mass is 271 g/mol. The molecule has 0 aliphatic heterocycles. The van der Waals surface area contributed by atoms with E-state index in [4.69, 9.17) is 0 Å². The zero-order chi connectivity index (χ0) is 11.4. The highest BCUT2D eigenvalue weighted by Gasteiger charge is 2.13. The molecule has 0 saturated heterocycles. The summed E-state index contributed by atoms with van der Waals surface area (Å²) in [7, 11) is 0. The van der Waals surface area contributed by atoms with E-state index in [1.165, 1.54) is 0 Å². The molecule has 0 spiro atoms. The van der Waals surface area contributed by atoms with Crippen LogP contribution in [0.1, 0.15) is 18.5 Å². The number of nitrogens with one attached hydrogen (secondary N) is 1. The summed E-state index contributed by atoms with van der Waals surface area (Å²) in [5.74, 6) is 0.186. The smallest absolute Gasteiger partial charge is 0.124 e. The van der Waals surface area contributed by atoms with Gasteiger partial charge in [-0.3, -0.25) is 0 Å². The van der Waals surface area contributed by atoms with E-state index >= 15 is 0 Å². The SMILES string of the molecule is C=C(Br)CNC(C)c1c(O)cccc1O. The lowest BCUT2D eigenvalue weighted by molar-refractivity contribution is 0.422. The summed E-state index contributed by atoms with van der Waals surface area (Å²) in [6, 6.07) is 4.57. The highest BCUT2D eigenvalue weighted by molar-refractivity contribution is 9.11. The second-order valence-corrected chi connectivity index (χ2v) is 4.45. The Balaban J connectivity index is 2.81. The van der Waals surface area contributed by atoms with E-state index in [9.17, 15) is 10.2 Å². The van der Waals surface area contributed by atoms with Gasteiger partial charge < -0.3 is 15.5 Å². The molecular weight excluding hydrogens is 258 g/mol. The number of phenols is 2. The fourth-order valence-corrected chi connectivity index (χ4v) is 1.51. The molecule has 0 aliphatic carbocycles. The molecule has 0 fully saturated rings. The molecule has 0 radical (unpaired) electrons. The van der Waals surface area contributed by atoms with Crippen LogP contribution in [0, 0.1) is 0 Å². The van der Waals surface area contributed by atoms with Crippen LogP contribution in [-0.2, 0) is 0 Å². The van der Waals surface area contributed by atoms with Crippen molar-refractivity contribution in [3.05, 3.63) is 34.8 Å². The van der Waals surface area contributed by atoms with Crippen LogP contribution >= 0.6 is 15.9 Å². The second-order valence-electron chi connectivity index (χ2n) is 3.33. The third-order valence-corrected chi connectivity index (χ3v) is 2.37. The second kappa shape index (κ2) is 5.19. The van der Waals surface area contributed by atoms with Crippen LogP contribution in [0.2, 0.25) is 0 Å². The molecule has 15 heavy (non-hydrogen) atoms. The molecule has 1 aromatic carbocycles. The highest BCUT2D eigenvalue weighted by Crippen LogP contribution is 2.32. The van der Waals surface area contributed by atoms with Crippen molar-refractivity contribution in [2.75, 3.05) is 6.54 Å². The van der Waals surface area contributed by atoms with Crippen molar-refractivity contribution < 1.29 is 10.2 Å². The summed E-state index contributed by atoms with van der Waals surface area (Å²) >= 11 is 3.23. The number of halogens is 1. The van der Waals surface area contributed by atoms with Crippen molar-refractivity contribution >= 4 is 15.9 Å². The van der Waals surface area contributed by atoms with Gasteiger partial charge in [0.15, 0.2) is 0 Å². The minimum atomic E-state index is -0.138. The Labute approximate surface area is 97.6 Å². The molecule has 1 unspecified atom stereocenters. The Morgan fingerprint density at radius 2 is 2.00 bits per heavy atom. The predicted molar refractivity (Wildman–Crippen MR) is 64.3 cm³/mol. The number of hydrogen-bond acceptors (Lipinski definition) is 3. The van der Waals surface area contributed by atoms with Crippen LogP contribution in [0.25, 0.3) is 0 Å². The molecular formula is C11H14BrNO2. The van der Waals surface area contributed by atoms with E-state index in [-0.39, 0.29) is 17.5 Å². The fourth-order valence-electron chi connectivity index (χ4n) is 1.35. The summed E-state index contributed by atoms with van der Waals surface area (Å²) in [6.45, 7) is 6.14. The first-order chi connectivity index (χ1) is 7.02. The van der Waals surface area contributed by atoms with Crippen molar-refractivity contribution in [3.63, 3.8) is 0 Å². The maximum Gasteiger partial charge on any atom is 0.124 e. The number of rotatable bonds is 4. The van der Waals surface area contributed by atoms with Crippen LogP contribution in [0.5, 0.6) is 11.5 Å². The average Bonchev–Trinajstić information content (AvgIpc) is 2.14. The van der Waals surface area contributed by atoms with Gasteiger partial charge in [0.05, 0.1) is 5.56 Å². The summed E-state index contributed by atoms with van der Waals surface area (Å²) in [6.07, 6.45) is 0. The normalized spacial score (nSPS) is 12.4. The number of phenolic OH excluding ortho intramolecular Hbond substituents is 2. The third kappa shape index (κ3) is 3.25. The Morgan fingerprint density at radius 1 is 1.47 bits per heavy atom. The van der Waals surface area contributed by atoms with Crippen LogP contribution in [0.4, 0.5) is 0 Å². The van der Waals surface area contributed by atoms with E-state index in [2.05, 4.69) is 27.8 Å². The number of hydrogen-bond donors (Lipinski definition) is 3. The maximum atomic E-state index is 9.59. The van der Waals surface area contributed by atoms with Gasteiger partial charge >= 0.3 is 0 Å². The Bertz CT molecular complexity index is 345. The topological polar surface area (TPSA) is 52.5 Å². The summed E-state index contributed by atoms with van der Waals surface area (Å²) in [4.78, 5) is 0. The number of aromatic hydroxyl groups is 2. The van der Waals surface area contributed by atoms with Crippen molar-refractivity contribution in [1.82, 2.24) is 5.32 Å². The summed E-state index contributed by atoms with van der Waals surface area (Å²) in [5, 5.41) is 22.3. The molecule has 3 nitrogen and oxygen atoms in total. The maximum absolute atomic E-state index is 9.59. The lowest BCUT2D eigenvalue weighted by Gasteiger charge is -2.16. The van der Waals surface area contributed by atoms with Crippen molar-refractivity contribution in [2.45, 2.75) is 13.0 Å². The molecule has 0 amide bonds. The first kappa shape index (κ1) is 12.1. The average molecular weight is 272 g/mol. The zero-order valence-electron chi connectivity index (χ0n) is 8.50. The van der Waals surface area contributed by atoms with Gasteiger partial charge in [-0.15, -0.1) is 0 Å². The van der Waals surface area contributed by atoms with Gasteiger partial charge in [0.25, 0.3) is 0 Å². The molecule has 0 saturated carbocycles. The van der Waals surface area contributed by atoms with Gasteiger partial charge in [0.2, 0.25) is 0 Å². The van der Waals surface area contributed by atoms with Gasteiger partial charge in [-0.05, 0) is 19.1 Å². The largest absolute Gasteiger partial charge is 0.507 e. The minimum Gasteiger partial charge on any atom is -0.507 e. The van der Waals surface area contributed by atoms with Crippen LogP contribution < -0.4 is 5.32 Å². The molecule has 1 rings (SSSR count). The summed E-state index contributed by atoms with van der Waals surface area (Å²) in [5.41, 5.74) is 0.506. The standard InChI is InChI=1S/C11H14BrNO2/c1-7(12)6-13-8(2)11-9(14)4-3-5-10(11)15/h3-5,8,13-15H,1,6H2,2H3. The van der Waals surface area contributed by atoms with Crippen LogP contribution in [0.15, 0.2) is 29.3 Å². The van der Waals surface area contributed by atoms with Crippen molar-refractivity contribution in [3.8, 4) is 11.5 Å². The first-order valence-corrected chi connectivity index (χ1v) is 5.39. The van der Waals surface area contributed by atoms with Gasteiger partial charge in [-0.25, -0.2) is 0 Å². The van der Waals surface area contributed by atoms with Gasteiger partial charge in [0, 0.05) is 17.1 Å². The van der Waals surface area contributed by atoms with E-state index in [0.717, 1.165) is 4.48 Å². The minimum absolute atomic E-state index is 0.0928. The molecule has 0 heterocycles. The molecule has 0 bridgehead atoms. The molecule has 0 aromatic heterocycles. The molecule has 3 N–H and O–H groups in total. The van der Waals surface area contributed by atoms with Crippen molar-refractivity contribution in [1.29, 1.82) is 0 Å². The molecule has 1 atom stereocenters. The quantitative estimate of drug-likeness (QED) is 0.789. The zero-order valence-corrected chi connectivity index (χ0v) is 10.1. The van der Waals surface area contributed by atoms with Gasteiger partial charge in [-0.2, -0.15) is 0 Å². The lowest BCUT2D eigenvalue weighted by atomic mass is 10.1. The van der Waals surface area contributed by atoms with Crippen LogP contribution in [-0.4, -0.2) is 16.8 Å². The molecule has 0 aliphatic rings. The molecule has 4 heteroatoms. The molecule has 82 valence electrons. The lowest BCUT2D eigenvalue weighted by Crippen LogP contribution is -2.19. The summed E-state index contributed by atoms with van der Waals surface area (Å²) < 4.78 is 0.823.